The van der Waals surface area contributed by atoms with Crippen LogP contribution in [0.2, 0.25) is 0 Å². The summed E-state index contributed by atoms with van der Waals surface area (Å²) in [6.07, 6.45) is -1.16. The molecule has 1 saturated carbocycles. The van der Waals surface area contributed by atoms with Crippen LogP contribution in [0, 0.1) is 16.7 Å². The van der Waals surface area contributed by atoms with Crippen molar-refractivity contribution in [1.82, 2.24) is 20.1 Å². The Labute approximate surface area is 200 Å². The molecule has 2 atom stereocenters. The number of hydrogen-bond acceptors (Lipinski definition) is 7. The Morgan fingerprint density at radius 2 is 1.97 bits per heavy atom. The Bertz CT molecular complexity index is 1320. The van der Waals surface area contributed by atoms with Crippen LogP contribution in [0.1, 0.15) is 49.4 Å². The molecular weight excluding hydrogens is 457 g/mol. The first-order valence-electron chi connectivity index (χ1n) is 12.0. The second-order valence-electron chi connectivity index (χ2n) is 9.99. The molecule has 0 radical (unpaired) electrons. The highest BCUT2D eigenvalue weighted by atomic mass is 19.4. The van der Waals surface area contributed by atoms with Gasteiger partial charge in [-0.1, -0.05) is 6.92 Å². The van der Waals surface area contributed by atoms with Gasteiger partial charge in [0.15, 0.2) is 0 Å². The van der Waals surface area contributed by atoms with Gasteiger partial charge in [-0.3, -0.25) is 4.98 Å². The molecular formula is C25H25F3N6O. The van der Waals surface area contributed by atoms with Crippen molar-refractivity contribution in [3.05, 3.63) is 47.8 Å². The van der Waals surface area contributed by atoms with Crippen LogP contribution in [0.5, 0.6) is 0 Å². The van der Waals surface area contributed by atoms with E-state index in [1.165, 1.54) is 0 Å². The minimum absolute atomic E-state index is 0.0532. The number of aromatic nitrogens is 3. The molecule has 7 nitrogen and oxygen atoms in total. The first-order chi connectivity index (χ1) is 16.8. The predicted molar refractivity (Wildman–Crippen MR) is 122 cm³/mol. The monoisotopic (exact) mass is 482 g/mol. The van der Waals surface area contributed by atoms with E-state index in [0.717, 1.165) is 32.5 Å². The summed E-state index contributed by atoms with van der Waals surface area (Å²) in [4.78, 5) is 8.39. The van der Waals surface area contributed by atoms with Gasteiger partial charge in [-0.15, -0.1) is 10.2 Å². The van der Waals surface area contributed by atoms with E-state index in [1.54, 1.807) is 35.4 Å². The number of likely N-dealkylation sites (tertiary alicyclic amines) is 1. The summed E-state index contributed by atoms with van der Waals surface area (Å²) in [5.41, 5.74) is -1.68. The molecule has 0 unspecified atom stereocenters. The summed E-state index contributed by atoms with van der Waals surface area (Å²) >= 11 is 0. The molecule has 2 saturated heterocycles. The Morgan fingerprint density at radius 3 is 2.69 bits per heavy atom. The lowest BCUT2D eigenvalue weighted by molar-refractivity contribution is -0.187. The number of benzene rings is 1. The molecule has 6 rings (SSSR count). The second kappa shape index (κ2) is 7.65. The molecule has 3 fully saturated rings. The zero-order chi connectivity index (χ0) is 24.4. The normalized spacial score (nSPS) is 27.2. The van der Waals surface area contributed by atoms with Crippen LogP contribution < -0.4 is 4.90 Å². The first kappa shape index (κ1) is 22.3. The lowest BCUT2D eigenvalue weighted by Gasteiger charge is -2.29. The lowest BCUT2D eigenvalue weighted by Crippen LogP contribution is -2.34. The van der Waals surface area contributed by atoms with Crippen LogP contribution in [0.4, 0.5) is 18.9 Å². The van der Waals surface area contributed by atoms with Crippen LogP contribution in [-0.4, -0.2) is 59.0 Å². The molecule has 10 heteroatoms. The second-order valence-corrected chi connectivity index (χ2v) is 9.99. The summed E-state index contributed by atoms with van der Waals surface area (Å²) in [7, 11) is 0. The van der Waals surface area contributed by atoms with Crippen molar-refractivity contribution in [2.24, 2.45) is 5.41 Å². The molecule has 2 aliphatic heterocycles. The minimum atomic E-state index is -4.41. The fourth-order valence-electron chi connectivity index (χ4n) is 6.19. The highest BCUT2D eigenvalue weighted by Crippen LogP contribution is 2.75. The smallest absolute Gasteiger partial charge is 0.397 e. The highest BCUT2D eigenvalue weighted by molar-refractivity contribution is 5.95. The van der Waals surface area contributed by atoms with Crippen molar-refractivity contribution in [2.45, 2.75) is 43.7 Å². The number of rotatable bonds is 4. The third-order valence-electron chi connectivity index (χ3n) is 8.30. The quantitative estimate of drug-likeness (QED) is 0.545. The van der Waals surface area contributed by atoms with Crippen LogP contribution in [-0.2, 0) is 5.41 Å². The third-order valence-corrected chi connectivity index (χ3v) is 8.30. The van der Waals surface area contributed by atoms with Gasteiger partial charge >= 0.3 is 6.18 Å². The molecule has 0 amide bonds. The molecule has 3 aromatic rings. The molecule has 4 heterocycles. The Balaban J connectivity index is 1.35. The van der Waals surface area contributed by atoms with Crippen LogP contribution in [0.25, 0.3) is 10.9 Å². The predicted octanol–water partition coefficient (Wildman–Crippen LogP) is 4.40. The number of alkyl halides is 3. The minimum Gasteiger partial charge on any atom is -0.424 e. The maximum Gasteiger partial charge on any atom is 0.397 e. The maximum atomic E-state index is 14.5. The van der Waals surface area contributed by atoms with Crippen LogP contribution in [0.15, 0.2) is 34.9 Å². The molecule has 182 valence electrons. The van der Waals surface area contributed by atoms with Crippen molar-refractivity contribution in [3.63, 3.8) is 0 Å². The van der Waals surface area contributed by atoms with E-state index in [2.05, 4.69) is 33.1 Å². The van der Waals surface area contributed by atoms with E-state index in [9.17, 15) is 18.4 Å². The average Bonchev–Trinajstić information content (AvgIpc) is 3.18. The Kier molecular flexibility index (Phi) is 4.87. The fourth-order valence-corrected chi connectivity index (χ4v) is 6.19. The Morgan fingerprint density at radius 1 is 1.17 bits per heavy atom. The van der Waals surface area contributed by atoms with Crippen molar-refractivity contribution in [3.8, 4) is 6.07 Å². The number of hydrogen-bond donors (Lipinski definition) is 0. The summed E-state index contributed by atoms with van der Waals surface area (Å²) < 4.78 is 49.5. The number of nitriles is 1. The van der Waals surface area contributed by atoms with Crippen molar-refractivity contribution in [2.75, 3.05) is 37.6 Å². The van der Waals surface area contributed by atoms with Gasteiger partial charge in [-0.05, 0) is 63.2 Å². The molecule has 35 heavy (non-hydrogen) atoms. The summed E-state index contributed by atoms with van der Waals surface area (Å²) in [5, 5.41) is 18.5. The van der Waals surface area contributed by atoms with Gasteiger partial charge in [0.1, 0.15) is 11.5 Å². The number of anilines is 1. The SMILES string of the molecule is CCN1CCC(c2nnc([C@]34CN(c5ccc(C#N)c6ncccc56)C[C@@]3(C(F)(F)F)C4)o2)CC1. The topological polar surface area (TPSA) is 82.1 Å². The maximum absolute atomic E-state index is 14.5. The van der Waals surface area contributed by atoms with Gasteiger partial charge in [-0.25, -0.2) is 0 Å². The highest BCUT2D eigenvalue weighted by Gasteiger charge is 2.86. The van der Waals surface area contributed by atoms with Crippen molar-refractivity contribution < 1.29 is 17.6 Å². The van der Waals surface area contributed by atoms with Gasteiger partial charge in [0.05, 0.1) is 16.5 Å². The van der Waals surface area contributed by atoms with Gasteiger partial charge < -0.3 is 14.2 Å². The molecule has 0 N–H and O–H groups in total. The molecule has 1 aromatic carbocycles. The molecule has 1 aliphatic carbocycles. The zero-order valence-electron chi connectivity index (χ0n) is 19.3. The van der Waals surface area contributed by atoms with Gasteiger partial charge in [0.25, 0.3) is 0 Å². The number of nitrogens with zero attached hydrogens (tertiary/aromatic N) is 6. The standard InChI is InChI=1S/C25H25F3N6O/c1-2-33-10-7-16(8-11-33)21-31-32-22(35-21)23-13-24(23,25(26,27)28)15-34(14-23)19-6-5-17(12-29)20-18(19)4-3-9-30-20/h3-6,9,16H,2,7-8,10-11,13-15H2,1H3/t23-,24-/m0/s1. The van der Waals surface area contributed by atoms with E-state index >= 15 is 0 Å². The zero-order valence-corrected chi connectivity index (χ0v) is 19.3. The number of piperidine rings is 2. The Hall–Kier alpha value is -3.19. The van der Waals surface area contributed by atoms with Gasteiger partial charge in [0, 0.05) is 36.3 Å². The molecule has 3 aliphatic rings. The summed E-state index contributed by atoms with van der Waals surface area (Å²) in [5.74, 6) is 0.640. The van der Waals surface area contributed by atoms with Crippen molar-refractivity contribution in [1.29, 1.82) is 5.26 Å². The van der Waals surface area contributed by atoms with Crippen LogP contribution >= 0.6 is 0 Å². The number of fused-ring (bicyclic) bond motifs is 2. The van der Waals surface area contributed by atoms with E-state index in [-0.39, 0.29) is 31.3 Å². The summed E-state index contributed by atoms with van der Waals surface area (Å²) in [6, 6.07) is 8.97. The summed E-state index contributed by atoms with van der Waals surface area (Å²) in [6.45, 7) is 4.87. The van der Waals surface area contributed by atoms with Gasteiger partial charge in [-0.2, -0.15) is 18.4 Å². The molecule has 2 aromatic heterocycles. The van der Waals surface area contributed by atoms with Gasteiger partial charge in [0.2, 0.25) is 11.8 Å². The lowest BCUT2D eigenvalue weighted by atomic mass is 9.95. The van der Waals surface area contributed by atoms with E-state index in [0.29, 0.717) is 28.0 Å². The number of pyridine rings is 1. The first-order valence-corrected chi connectivity index (χ1v) is 12.0. The number of halogens is 3. The van der Waals surface area contributed by atoms with E-state index < -0.39 is 17.0 Å². The van der Waals surface area contributed by atoms with Crippen molar-refractivity contribution >= 4 is 16.6 Å². The molecule has 0 spiro atoms. The molecule has 0 bridgehead atoms. The average molecular weight is 483 g/mol. The van der Waals surface area contributed by atoms with Crippen LogP contribution in [0.3, 0.4) is 0 Å². The third kappa shape index (κ3) is 3.17. The largest absolute Gasteiger partial charge is 0.424 e. The van der Waals surface area contributed by atoms with E-state index in [1.807, 2.05) is 0 Å². The van der Waals surface area contributed by atoms with E-state index in [4.69, 9.17) is 4.42 Å². The fraction of sp³-hybridized carbons (Fsp3) is 0.520.